The highest BCUT2D eigenvalue weighted by atomic mass is 79.9. The monoisotopic (exact) mass is 339 g/mol. The maximum atomic E-state index is 12.4. The average Bonchev–Trinajstić information content (AvgIpc) is 2.46. The van der Waals surface area contributed by atoms with E-state index < -0.39 is 6.10 Å². The SMILES string of the molecule is CNC(=O)C(Cn1cnc2ccc(Br)cc2c1=O)OC. The molecule has 1 heterocycles. The zero-order valence-corrected chi connectivity index (χ0v) is 12.7. The van der Waals surface area contributed by atoms with Gasteiger partial charge in [-0.25, -0.2) is 4.98 Å². The maximum Gasteiger partial charge on any atom is 0.261 e. The fraction of sp³-hybridized carbons (Fsp3) is 0.308. The number of carbonyl (C=O) groups excluding carboxylic acids is 1. The standard InChI is InChI=1S/C13H14BrN3O3/c1-15-12(18)11(20-2)6-17-7-16-10-4-3-8(14)5-9(10)13(17)19/h3-5,7,11H,6H2,1-2H3,(H,15,18). The Morgan fingerprint density at radius 2 is 2.30 bits per heavy atom. The van der Waals surface area contributed by atoms with E-state index in [9.17, 15) is 9.59 Å². The molecule has 0 bridgehead atoms. The number of ether oxygens (including phenoxy) is 1. The number of rotatable bonds is 4. The van der Waals surface area contributed by atoms with Crippen molar-refractivity contribution in [3.05, 3.63) is 39.4 Å². The topological polar surface area (TPSA) is 73.2 Å². The highest BCUT2D eigenvalue weighted by Crippen LogP contribution is 2.14. The van der Waals surface area contributed by atoms with E-state index >= 15 is 0 Å². The molecule has 1 N–H and O–H groups in total. The lowest BCUT2D eigenvalue weighted by Crippen LogP contribution is -2.39. The molecule has 0 aliphatic rings. The Morgan fingerprint density at radius 3 is 2.95 bits per heavy atom. The minimum Gasteiger partial charge on any atom is -0.370 e. The molecular formula is C13H14BrN3O3. The van der Waals surface area contributed by atoms with Crippen molar-refractivity contribution in [3.63, 3.8) is 0 Å². The second-order valence-corrected chi connectivity index (χ2v) is 5.12. The van der Waals surface area contributed by atoms with E-state index in [4.69, 9.17) is 4.74 Å². The number of hydrogen-bond acceptors (Lipinski definition) is 4. The van der Waals surface area contributed by atoms with Gasteiger partial charge in [0.05, 0.1) is 23.8 Å². The van der Waals surface area contributed by atoms with Gasteiger partial charge in [0, 0.05) is 18.6 Å². The first-order valence-electron chi connectivity index (χ1n) is 5.96. The Bertz CT molecular complexity index is 699. The third-order valence-corrected chi connectivity index (χ3v) is 3.47. The number of methoxy groups -OCH3 is 1. The normalized spacial score (nSPS) is 12.3. The van der Waals surface area contributed by atoms with Crippen molar-refractivity contribution >= 4 is 32.7 Å². The Hall–Kier alpha value is -1.73. The lowest BCUT2D eigenvalue weighted by molar-refractivity contribution is -0.131. The predicted molar refractivity (Wildman–Crippen MR) is 78.6 cm³/mol. The predicted octanol–water partition coefficient (Wildman–Crippen LogP) is 0.920. The number of fused-ring (bicyclic) bond motifs is 1. The van der Waals surface area contributed by atoms with E-state index in [1.807, 2.05) is 6.07 Å². The zero-order chi connectivity index (χ0) is 14.7. The number of likely N-dealkylation sites (N-methyl/N-ethyl adjacent to an activating group) is 1. The zero-order valence-electron chi connectivity index (χ0n) is 11.1. The smallest absolute Gasteiger partial charge is 0.261 e. The summed E-state index contributed by atoms with van der Waals surface area (Å²) in [5, 5.41) is 2.99. The number of hydrogen-bond donors (Lipinski definition) is 1. The molecule has 0 aliphatic carbocycles. The van der Waals surface area contributed by atoms with E-state index in [1.54, 1.807) is 12.1 Å². The van der Waals surface area contributed by atoms with Crippen molar-refractivity contribution in [1.29, 1.82) is 0 Å². The van der Waals surface area contributed by atoms with Crippen LogP contribution >= 0.6 is 15.9 Å². The molecule has 7 heteroatoms. The summed E-state index contributed by atoms with van der Waals surface area (Å²) in [6.07, 6.45) is 0.692. The van der Waals surface area contributed by atoms with Gasteiger partial charge in [-0.1, -0.05) is 15.9 Å². The minimum absolute atomic E-state index is 0.116. The fourth-order valence-electron chi connectivity index (χ4n) is 1.87. The van der Waals surface area contributed by atoms with Crippen molar-refractivity contribution in [2.45, 2.75) is 12.6 Å². The summed E-state index contributed by atoms with van der Waals surface area (Å²) in [4.78, 5) is 28.2. The summed E-state index contributed by atoms with van der Waals surface area (Å²) in [6.45, 7) is 0.116. The van der Waals surface area contributed by atoms with Crippen LogP contribution in [0.4, 0.5) is 0 Å². The van der Waals surface area contributed by atoms with Gasteiger partial charge in [-0.05, 0) is 18.2 Å². The van der Waals surface area contributed by atoms with E-state index in [0.29, 0.717) is 10.9 Å². The largest absolute Gasteiger partial charge is 0.370 e. The lowest BCUT2D eigenvalue weighted by Gasteiger charge is -2.15. The number of nitrogens with zero attached hydrogens (tertiary/aromatic N) is 2. The van der Waals surface area contributed by atoms with Crippen LogP contribution < -0.4 is 10.9 Å². The van der Waals surface area contributed by atoms with Crippen LogP contribution in [0, 0.1) is 0 Å². The van der Waals surface area contributed by atoms with E-state index in [-0.39, 0.29) is 18.0 Å². The first-order chi connectivity index (χ1) is 9.56. The quantitative estimate of drug-likeness (QED) is 0.898. The Kier molecular flexibility index (Phi) is 4.51. The summed E-state index contributed by atoms with van der Waals surface area (Å²) in [5.41, 5.74) is 0.408. The van der Waals surface area contributed by atoms with Crippen molar-refractivity contribution in [1.82, 2.24) is 14.9 Å². The number of nitrogens with one attached hydrogen (secondary N) is 1. The number of aromatic nitrogens is 2. The first kappa shape index (κ1) is 14.7. The molecule has 1 amide bonds. The number of halogens is 1. The van der Waals surface area contributed by atoms with Crippen molar-refractivity contribution in [3.8, 4) is 0 Å². The van der Waals surface area contributed by atoms with Crippen molar-refractivity contribution < 1.29 is 9.53 Å². The van der Waals surface area contributed by atoms with Crippen molar-refractivity contribution in [2.24, 2.45) is 0 Å². The molecule has 0 spiro atoms. The molecule has 1 unspecified atom stereocenters. The van der Waals surface area contributed by atoms with Gasteiger partial charge in [0.25, 0.3) is 11.5 Å². The molecule has 0 radical (unpaired) electrons. The second-order valence-electron chi connectivity index (χ2n) is 4.20. The van der Waals surface area contributed by atoms with Crippen LogP contribution in [0.2, 0.25) is 0 Å². The summed E-state index contributed by atoms with van der Waals surface area (Å²) in [5.74, 6) is -0.284. The Balaban J connectivity index is 2.43. The molecular weight excluding hydrogens is 326 g/mol. The van der Waals surface area contributed by atoms with Gasteiger partial charge >= 0.3 is 0 Å². The van der Waals surface area contributed by atoms with E-state index in [1.165, 1.54) is 25.1 Å². The van der Waals surface area contributed by atoms with E-state index in [2.05, 4.69) is 26.2 Å². The fourth-order valence-corrected chi connectivity index (χ4v) is 2.23. The van der Waals surface area contributed by atoms with Gasteiger partial charge in [0.15, 0.2) is 6.10 Å². The Morgan fingerprint density at radius 1 is 1.55 bits per heavy atom. The van der Waals surface area contributed by atoms with Crippen LogP contribution in [0.25, 0.3) is 10.9 Å². The first-order valence-corrected chi connectivity index (χ1v) is 6.75. The van der Waals surface area contributed by atoms with Gasteiger partial charge < -0.3 is 10.1 Å². The third-order valence-electron chi connectivity index (χ3n) is 2.97. The number of carbonyl (C=O) groups is 1. The molecule has 2 aromatic rings. The molecule has 2 rings (SSSR count). The molecule has 6 nitrogen and oxygen atoms in total. The number of benzene rings is 1. The molecule has 1 aromatic heterocycles. The summed E-state index contributed by atoms with van der Waals surface area (Å²) in [7, 11) is 2.95. The summed E-state index contributed by atoms with van der Waals surface area (Å²) < 4.78 is 7.26. The van der Waals surface area contributed by atoms with Crippen LogP contribution in [-0.2, 0) is 16.1 Å². The van der Waals surface area contributed by atoms with Crippen molar-refractivity contribution in [2.75, 3.05) is 14.2 Å². The van der Waals surface area contributed by atoms with Crippen LogP contribution in [-0.4, -0.2) is 35.7 Å². The third kappa shape index (κ3) is 2.88. The van der Waals surface area contributed by atoms with Crippen LogP contribution in [0.5, 0.6) is 0 Å². The minimum atomic E-state index is -0.732. The van der Waals surface area contributed by atoms with Gasteiger partial charge in [-0.3, -0.25) is 14.2 Å². The highest BCUT2D eigenvalue weighted by Gasteiger charge is 2.18. The van der Waals surface area contributed by atoms with Gasteiger partial charge in [0.2, 0.25) is 0 Å². The number of amides is 1. The van der Waals surface area contributed by atoms with Gasteiger partial charge in [-0.2, -0.15) is 0 Å². The molecule has 20 heavy (non-hydrogen) atoms. The van der Waals surface area contributed by atoms with Crippen LogP contribution in [0.15, 0.2) is 33.8 Å². The Labute approximate surface area is 123 Å². The molecule has 0 saturated carbocycles. The lowest BCUT2D eigenvalue weighted by atomic mass is 10.2. The van der Waals surface area contributed by atoms with Crippen LogP contribution in [0.1, 0.15) is 0 Å². The molecule has 0 fully saturated rings. The van der Waals surface area contributed by atoms with Gasteiger partial charge in [0.1, 0.15) is 0 Å². The maximum absolute atomic E-state index is 12.4. The highest BCUT2D eigenvalue weighted by molar-refractivity contribution is 9.10. The molecule has 0 saturated heterocycles. The summed E-state index contributed by atoms with van der Waals surface area (Å²) >= 11 is 3.33. The summed E-state index contributed by atoms with van der Waals surface area (Å²) in [6, 6.07) is 5.29. The van der Waals surface area contributed by atoms with E-state index in [0.717, 1.165) is 4.47 Å². The molecule has 0 aliphatic heterocycles. The van der Waals surface area contributed by atoms with Crippen LogP contribution in [0.3, 0.4) is 0 Å². The molecule has 1 atom stereocenters. The molecule has 106 valence electrons. The average molecular weight is 340 g/mol. The molecule has 1 aromatic carbocycles. The second kappa shape index (κ2) is 6.15. The van der Waals surface area contributed by atoms with Gasteiger partial charge in [-0.15, -0.1) is 0 Å².